The molecule has 1 aromatic heterocycles. The molecule has 7 nitrogen and oxygen atoms in total. The van der Waals surface area contributed by atoms with Gasteiger partial charge in [0.1, 0.15) is 6.26 Å². The molecule has 2 N–H and O–H groups in total. The zero-order chi connectivity index (χ0) is 18.4. The average Bonchev–Trinajstić information content (AvgIpc) is 3.25. The van der Waals surface area contributed by atoms with E-state index in [1.54, 1.807) is 6.26 Å². The fourth-order valence-electron chi connectivity index (χ4n) is 2.85. The molecule has 1 unspecified atom stereocenters. The minimum absolute atomic E-state index is 0.132. The molecule has 138 valence electrons. The van der Waals surface area contributed by atoms with E-state index in [1.165, 1.54) is 11.8 Å². The Morgan fingerprint density at radius 3 is 2.81 bits per heavy atom. The topological polar surface area (TPSA) is 102 Å². The number of hydrogen-bond acceptors (Lipinski definition) is 6. The third-order valence-electron chi connectivity index (χ3n) is 4.05. The molecular formula is C18H20N2O5S. The quantitative estimate of drug-likeness (QED) is 0.729. The van der Waals surface area contributed by atoms with Crippen molar-refractivity contribution in [1.82, 2.24) is 10.3 Å². The van der Waals surface area contributed by atoms with Crippen LogP contribution in [-0.4, -0.2) is 46.5 Å². The number of hydrogen-bond donors (Lipinski definition) is 2. The highest BCUT2D eigenvalue weighted by Crippen LogP contribution is 2.24. The average molecular weight is 376 g/mol. The van der Waals surface area contributed by atoms with E-state index in [0.29, 0.717) is 24.7 Å². The lowest BCUT2D eigenvalue weighted by Gasteiger charge is -2.26. The summed E-state index contributed by atoms with van der Waals surface area (Å²) in [4.78, 5) is 27.6. The summed E-state index contributed by atoms with van der Waals surface area (Å²) in [5, 5.41) is 11.9. The fraction of sp³-hybridized carbons (Fsp3) is 0.389. The lowest BCUT2D eigenvalue weighted by molar-refractivity contribution is -0.139. The minimum atomic E-state index is -0.945. The molecule has 1 aliphatic rings. The molecule has 0 saturated carbocycles. The van der Waals surface area contributed by atoms with E-state index in [1.807, 2.05) is 30.3 Å². The van der Waals surface area contributed by atoms with E-state index in [2.05, 4.69) is 10.3 Å². The summed E-state index contributed by atoms with van der Waals surface area (Å²) in [5.41, 5.74) is 0.863. The van der Waals surface area contributed by atoms with Crippen LogP contribution >= 0.6 is 11.8 Å². The maximum Gasteiger partial charge on any atom is 0.305 e. The van der Waals surface area contributed by atoms with Crippen LogP contribution in [0.5, 0.6) is 0 Å². The standard InChI is InChI=1S/C18H20N2O5S/c21-15(20-18(8-16(22)23)6-7-24-12-18)11-26-10-14-9-25-17(19-14)13-4-2-1-3-5-13/h1-5,9H,6-8,10-12H2,(H,20,21)(H,22,23). The number of benzene rings is 1. The molecule has 1 amide bonds. The molecule has 2 heterocycles. The van der Waals surface area contributed by atoms with Crippen LogP contribution in [0.2, 0.25) is 0 Å². The van der Waals surface area contributed by atoms with Crippen molar-refractivity contribution in [2.24, 2.45) is 0 Å². The SMILES string of the molecule is O=C(O)CC1(NC(=O)CSCc2coc(-c3ccccc3)n2)CCOC1. The summed E-state index contributed by atoms with van der Waals surface area (Å²) < 4.78 is 10.7. The van der Waals surface area contributed by atoms with Gasteiger partial charge in [-0.3, -0.25) is 9.59 Å². The van der Waals surface area contributed by atoms with Gasteiger partial charge in [0.25, 0.3) is 0 Å². The van der Waals surface area contributed by atoms with Gasteiger partial charge >= 0.3 is 5.97 Å². The monoisotopic (exact) mass is 376 g/mol. The number of ether oxygens (including phenoxy) is 1. The van der Waals surface area contributed by atoms with Gasteiger partial charge in [0.05, 0.1) is 30.0 Å². The van der Waals surface area contributed by atoms with Gasteiger partial charge in [-0.05, 0) is 18.6 Å². The molecule has 1 fully saturated rings. The van der Waals surface area contributed by atoms with Crippen LogP contribution < -0.4 is 5.32 Å². The van der Waals surface area contributed by atoms with E-state index >= 15 is 0 Å². The summed E-state index contributed by atoms with van der Waals surface area (Å²) in [6.07, 6.45) is 1.97. The van der Waals surface area contributed by atoms with E-state index in [4.69, 9.17) is 14.3 Å². The first kappa shape index (κ1) is 18.5. The highest BCUT2D eigenvalue weighted by atomic mass is 32.2. The van der Waals surface area contributed by atoms with Crippen molar-refractivity contribution in [3.05, 3.63) is 42.3 Å². The predicted molar refractivity (Wildman–Crippen MR) is 96.7 cm³/mol. The number of amides is 1. The fourth-order valence-corrected chi connectivity index (χ4v) is 3.55. The molecule has 0 radical (unpaired) electrons. The summed E-state index contributed by atoms with van der Waals surface area (Å²) >= 11 is 1.40. The summed E-state index contributed by atoms with van der Waals surface area (Å²) in [6.45, 7) is 0.696. The highest BCUT2D eigenvalue weighted by molar-refractivity contribution is 7.99. The summed E-state index contributed by atoms with van der Waals surface area (Å²) in [6, 6.07) is 9.59. The van der Waals surface area contributed by atoms with Gasteiger partial charge < -0.3 is 19.6 Å². The van der Waals surface area contributed by atoms with Gasteiger partial charge in [0, 0.05) is 17.9 Å². The van der Waals surface area contributed by atoms with Crippen LogP contribution in [0.3, 0.4) is 0 Å². The van der Waals surface area contributed by atoms with Gasteiger partial charge in [-0.15, -0.1) is 11.8 Å². The number of carboxylic acid groups (broad SMARTS) is 1. The first-order chi connectivity index (χ1) is 12.6. The van der Waals surface area contributed by atoms with Crippen LogP contribution in [-0.2, 0) is 20.1 Å². The van der Waals surface area contributed by atoms with E-state index in [0.717, 1.165) is 11.3 Å². The van der Waals surface area contributed by atoms with Crippen LogP contribution in [0.25, 0.3) is 11.5 Å². The van der Waals surface area contributed by atoms with Crippen molar-refractivity contribution in [1.29, 1.82) is 0 Å². The Kier molecular flexibility index (Phi) is 5.95. The van der Waals surface area contributed by atoms with Crippen LogP contribution in [0, 0.1) is 0 Å². The molecule has 1 atom stereocenters. The van der Waals surface area contributed by atoms with Crippen LogP contribution in [0.15, 0.2) is 41.0 Å². The Balaban J connectivity index is 1.48. The molecule has 2 aromatic rings. The van der Waals surface area contributed by atoms with Crippen LogP contribution in [0.4, 0.5) is 0 Å². The Morgan fingerprint density at radius 2 is 2.12 bits per heavy atom. The molecule has 1 aliphatic heterocycles. The molecule has 1 aromatic carbocycles. The number of carboxylic acids is 1. The number of carbonyl (C=O) groups excluding carboxylic acids is 1. The molecule has 8 heteroatoms. The van der Waals surface area contributed by atoms with Gasteiger partial charge in [0.2, 0.25) is 11.8 Å². The lowest BCUT2D eigenvalue weighted by atomic mass is 9.94. The van der Waals surface area contributed by atoms with Crippen molar-refractivity contribution in [3.63, 3.8) is 0 Å². The zero-order valence-corrected chi connectivity index (χ0v) is 15.0. The number of carbonyl (C=O) groups is 2. The second kappa shape index (κ2) is 8.37. The lowest BCUT2D eigenvalue weighted by Crippen LogP contribution is -2.51. The van der Waals surface area contributed by atoms with E-state index in [9.17, 15) is 9.59 Å². The van der Waals surface area contributed by atoms with Gasteiger partial charge in [-0.2, -0.15) is 0 Å². The number of rotatable bonds is 8. The Morgan fingerprint density at radius 1 is 1.31 bits per heavy atom. The maximum atomic E-state index is 12.2. The Hall–Kier alpha value is -2.32. The molecule has 0 aliphatic carbocycles. The molecular weight excluding hydrogens is 356 g/mol. The third kappa shape index (κ3) is 4.86. The maximum absolute atomic E-state index is 12.2. The predicted octanol–water partition coefficient (Wildman–Crippen LogP) is 2.32. The number of thioether (sulfide) groups is 1. The number of oxazole rings is 1. The second-order valence-electron chi connectivity index (χ2n) is 6.20. The first-order valence-corrected chi connectivity index (χ1v) is 9.40. The van der Waals surface area contributed by atoms with E-state index in [-0.39, 0.29) is 24.7 Å². The second-order valence-corrected chi connectivity index (χ2v) is 7.19. The van der Waals surface area contributed by atoms with Crippen molar-refractivity contribution < 1.29 is 23.8 Å². The van der Waals surface area contributed by atoms with Gasteiger partial charge in [-0.25, -0.2) is 4.98 Å². The normalized spacial score (nSPS) is 19.4. The molecule has 3 rings (SSSR count). The third-order valence-corrected chi connectivity index (χ3v) is 5.02. The van der Waals surface area contributed by atoms with Crippen molar-refractivity contribution in [3.8, 4) is 11.5 Å². The molecule has 0 bridgehead atoms. The number of nitrogens with one attached hydrogen (secondary N) is 1. The number of aromatic nitrogens is 1. The smallest absolute Gasteiger partial charge is 0.305 e. The largest absolute Gasteiger partial charge is 0.481 e. The van der Waals surface area contributed by atoms with Gasteiger partial charge in [0.15, 0.2) is 0 Å². The minimum Gasteiger partial charge on any atom is -0.481 e. The summed E-state index contributed by atoms with van der Waals surface area (Å²) in [7, 11) is 0. The zero-order valence-electron chi connectivity index (χ0n) is 14.1. The summed E-state index contributed by atoms with van der Waals surface area (Å²) in [5.74, 6) is 0.156. The van der Waals surface area contributed by atoms with Crippen molar-refractivity contribution >= 4 is 23.6 Å². The van der Waals surface area contributed by atoms with Gasteiger partial charge in [-0.1, -0.05) is 18.2 Å². The molecule has 0 spiro atoms. The van der Waals surface area contributed by atoms with Crippen molar-refractivity contribution in [2.45, 2.75) is 24.1 Å². The Bertz CT molecular complexity index is 756. The number of nitrogens with zero attached hydrogens (tertiary/aromatic N) is 1. The number of aliphatic carboxylic acids is 1. The van der Waals surface area contributed by atoms with Crippen molar-refractivity contribution in [2.75, 3.05) is 19.0 Å². The first-order valence-electron chi connectivity index (χ1n) is 8.24. The molecule has 26 heavy (non-hydrogen) atoms. The van der Waals surface area contributed by atoms with E-state index < -0.39 is 11.5 Å². The molecule has 1 saturated heterocycles. The Labute approximate surface area is 155 Å². The highest BCUT2D eigenvalue weighted by Gasteiger charge is 2.38. The van der Waals surface area contributed by atoms with Crippen LogP contribution in [0.1, 0.15) is 18.5 Å².